The highest BCUT2D eigenvalue weighted by Gasteiger charge is 2.21. The molecule has 0 saturated heterocycles. The van der Waals surface area contributed by atoms with Gasteiger partial charge in [0.2, 0.25) is 0 Å². The number of aryl methyl sites for hydroxylation is 2. The molecule has 4 heteroatoms. The molecule has 0 aromatic carbocycles. The van der Waals surface area contributed by atoms with E-state index in [1.54, 1.807) is 0 Å². The van der Waals surface area contributed by atoms with Crippen LogP contribution >= 0.6 is 12.2 Å². The number of rotatable bonds is 2. The SMILES string of the molecule is Cc1nc2c(n1C(C)C(N)=S)CCCC2. The third-order valence-corrected chi connectivity index (χ3v) is 3.49. The Morgan fingerprint density at radius 3 is 2.80 bits per heavy atom. The van der Waals surface area contributed by atoms with Crippen molar-refractivity contribution in [3.63, 3.8) is 0 Å². The van der Waals surface area contributed by atoms with Crippen molar-refractivity contribution in [1.82, 2.24) is 9.55 Å². The van der Waals surface area contributed by atoms with Gasteiger partial charge in [0.1, 0.15) is 5.82 Å². The van der Waals surface area contributed by atoms with E-state index in [1.165, 1.54) is 24.2 Å². The van der Waals surface area contributed by atoms with Gasteiger partial charge < -0.3 is 10.3 Å². The molecule has 2 N–H and O–H groups in total. The van der Waals surface area contributed by atoms with Crippen LogP contribution in [0.3, 0.4) is 0 Å². The largest absolute Gasteiger partial charge is 0.392 e. The third-order valence-electron chi connectivity index (χ3n) is 3.15. The Balaban J connectivity index is 2.46. The Morgan fingerprint density at radius 2 is 2.13 bits per heavy atom. The molecule has 0 aliphatic heterocycles. The summed E-state index contributed by atoms with van der Waals surface area (Å²) in [4.78, 5) is 5.15. The van der Waals surface area contributed by atoms with Crippen molar-refractivity contribution in [3.8, 4) is 0 Å². The van der Waals surface area contributed by atoms with Crippen molar-refractivity contribution in [1.29, 1.82) is 0 Å². The van der Waals surface area contributed by atoms with E-state index in [1.807, 2.05) is 13.8 Å². The minimum absolute atomic E-state index is 0.0920. The van der Waals surface area contributed by atoms with E-state index in [0.717, 1.165) is 18.7 Å². The number of nitrogens with zero attached hydrogens (tertiary/aromatic N) is 2. The van der Waals surface area contributed by atoms with Crippen molar-refractivity contribution >= 4 is 17.2 Å². The topological polar surface area (TPSA) is 43.8 Å². The van der Waals surface area contributed by atoms with E-state index < -0.39 is 0 Å². The van der Waals surface area contributed by atoms with Crippen LogP contribution in [0.15, 0.2) is 0 Å². The van der Waals surface area contributed by atoms with E-state index in [9.17, 15) is 0 Å². The average Bonchev–Trinajstić information content (AvgIpc) is 2.52. The molecule has 1 aliphatic carbocycles. The third kappa shape index (κ3) is 1.78. The molecular formula is C11H17N3S. The summed E-state index contributed by atoms with van der Waals surface area (Å²) < 4.78 is 2.21. The number of imidazole rings is 1. The smallest absolute Gasteiger partial charge is 0.106 e. The Bertz CT molecular complexity index is 395. The molecule has 0 spiro atoms. The van der Waals surface area contributed by atoms with Crippen LogP contribution in [-0.4, -0.2) is 14.5 Å². The van der Waals surface area contributed by atoms with Crippen LogP contribution in [0.25, 0.3) is 0 Å². The van der Waals surface area contributed by atoms with Crippen LogP contribution in [0.1, 0.15) is 43.0 Å². The number of hydrogen-bond acceptors (Lipinski definition) is 2. The van der Waals surface area contributed by atoms with Crippen LogP contribution in [0.5, 0.6) is 0 Å². The van der Waals surface area contributed by atoms with Crippen molar-refractivity contribution in [2.75, 3.05) is 0 Å². The van der Waals surface area contributed by atoms with E-state index in [4.69, 9.17) is 18.0 Å². The van der Waals surface area contributed by atoms with Gasteiger partial charge in [-0.25, -0.2) is 4.98 Å². The first-order valence-electron chi connectivity index (χ1n) is 5.47. The first kappa shape index (κ1) is 10.6. The lowest BCUT2D eigenvalue weighted by Crippen LogP contribution is -2.25. The van der Waals surface area contributed by atoms with Gasteiger partial charge in [-0.1, -0.05) is 12.2 Å². The molecule has 0 saturated carbocycles. The summed E-state index contributed by atoms with van der Waals surface area (Å²) in [5.41, 5.74) is 8.31. The van der Waals surface area contributed by atoms with E-state index in [0.29, 0.717) is 4.99 Å². The summed E-state index contributed by atoms with van der Waals surface area (Å²) in [7, 11) is 0. The molecule has 0 amide bonds. The molecule has 2 rings (SSSR count). The molecule has 1 atom stereocenters. The monoisotopic (exact) mass is 223 g/mol. The normalized spacial score (nSPS) is 17.2. The van der Waals surface area contributed by atoms with Gasteiger partial charge in [0, 0.05) is 5.69 Å². The lowest BCUT2D eigenvalue weighted by Gasteiger charge is -2.19. The second-order valence-electron chi connectivity index (χ2n) is 4.21. The zero-order chi connectivity index (χ0) is 11.0. The minimum atomic E-state index is 0.0920. The molecular weight excluding hydrogens is 206 g/mol. The molecule has 1 unspecified atom stereocenters. The number of aromatic nitrogens is 2. The maximum absolute atomic E-state index is 5.71. The predicted molar refractivity (Wildman–Crippen MR) is 65.1 cm³/mol. The summed E-state index contributed by atoms with van der Waals surface area (Å²) >= 11 is 5.06. The number of thiocarbonyl (C=S) groups is 1. The average molecular weight is 223 g/mol. The van der Waals surface area contributed by atoms with Gasteiger partial charge in [-0.2, -0.15) is 0 Å². The fourth-order valence-electron chi connectivity index (χ4n) is 2.34. The summed E-state index contributed by atoms with van der Waals surface area (Å²) in [6.45, 7) is 4.08. The Hall–Kier alpha value is -0.900. The number of fused-ring (bicyclic) bond motifs is 1. The Labute approximate surface area is 95.7 Å². The quantitative estimate of drug-likeness (QED) is 0.779. The molecule has 0 bridgehead atoms. The fraction of sp³-hybridized carbons (Fsp3) is 0.636. The highest BCUT2D eigenvalue weighted by molar-refractivity contribution is 7.80. The Kier molecular flexibility index (Phi) is 2.78. The molecule has 82 valence electrons. The van der Waals surface area contributed by atoms with Crippen LogP contribution in [0.4, 0.5) is 0 Å². The molecule has 0 radical (unpaired) electrons. The van der Waals surface area contributed by atoms with Gasteiger partial charge in [0.25, 0.3) is 0 Å². The molecule has 1 heterocycles. The lowest BCUT2D eigenvalue weighted by molar-refractivity contribution is 0.592. The zero-order valence-electron chi connectivity index (χ0n) is 9.29. The fourth-order valence-corrected chi connectivity index (χ4v) is 2.44. The van der Waals surface area contributed by atoms with Gasteiger partial charge in [0.15, 0.2) is 0 Å². The van der Waals surface area contributed by atoms with E-state index in [2.05, 4.69) is 9.55 Å². The van der Waals surface area contributed by atoms with Crippen molar-refractivity contribution < 1.29 is 0 Å². The molecule has 1 aliphatic rings. The highest BCUT2D eigenvalue weighted by atomic mass is 32.1. The molecule has 3 nitrogen and oxygen atoms in total. The maximum atomic E-state index is 5.71. The Morgan fingerprint density at radius 1 is 1.47 bits per heavy atom. The minimum Gasteiger partial charge on any atom is -0.392 e. The number of hydrogen-bond donors (Lipinski definition) is 1. The van der Waals surface area contributed by atoms with E-state index >= 15 is 0 Å². The second-order valence-corrected chi connectivity index (χ2v) is 4.68. The van der Waals surface area contributed by atoms with E-state index in [-0.39, 0.29) is 6.04 Å². The predicted octanol–water partition coefficient (Wildman–Crippen LogP) is 1.92. The summed E-state index contributed by atoms with van der Waals surface area (Å²) in [6.07, 6.45) is 4.73. The van der Waals surface area contributed by atoms with Gasteiger partial charge in [-0.15, -0.1) is 0 Å². The van der Waals surface area contributed by atoms with Crippen molar-refractivity contribution in [2.24, 2.45) is 5.73 Å². The highest BCUT2D eigenvalue weighted by Crippen LogP contribution is 2.25. The van der Waals surface area contributed by atoms with Crippen LogP contribution in [0, 0.1) is 6.92 Å². The van der Waals surface area contributed by atoms with Gasteiger partial charge in [0.05, 0.1) is 16.7 Å². The lowest BCUT2D eigenvalue weighted by atomic mass is 10.0. The second kappa shape index (κ2) is 3.93. The molecule has 0 fully saturated rings. The van der Waals surface area contributed by atoms with Crippen LogP contribution in [-0.2, 0) is 12.8 Å². The van der Waals surface area contributed by atoms with Gasteiger partial charge in [-0.05, 0) is 39.5 Å². The van der Waals surface area contributed by atoms with Crippen molar-refractivity contribution in [2.45, 2.75) is 45.6 Å². The first-order valence-corrected chi connectivity index (χ1v) is 5.88. The standard InChI is InChI=1S/C11H17N3S/c1-7(11(12)15)14-8(2)13-9-5-3-4-6-10(9)14/h7H,3-6H2,1-2H3,(H2,12,15). The zero-order valence-corrected chi connectivity index (χ0v) is 10.1. The molecule has 1 aromatic rings. The first-order chi connectivity index (χ1) is 7.11. The molecule has 1 aromatic heterocycles. The molecule has 15 heavy (non-hydrogen) atoms. The van der Waals surface area contributed by atoms with Crippen molar-refractivity contribution in [3.05, 3.63) is 17.2 Å². The van der Waals surface area contributed by atoms with Crippen LogP contribution < -0.4 is 5.73 Å². The maximum Gasteiger partial charge on any atom is 0.106 e. The van der Waals surface area contributed by atoms with Gasteiger partial charge in [-0.3, -0.25) is 0 Å². The summed E-state index contributed by atoms with van der Waals surface area (Å²) in [6, 6.07) is 0.0920. The van der Waals surface area contributed by atoms with Crippen LogP contribution in [0.2, 0.25) is 0 Å². The number of nitrogens with two attached hydrogens (primary N) is 1. The summed E-state index contributed by atoms with van der Waals surface area (Å²) in [5, 5.41) is 0. The summed E-state index contributed by atoms with van der Waals surface area (Å²) in [5.74, 6) is 1.04. The van der Waals surface area contributed by atoms with Gasteiger partial charge >= 0.3 is 0 Å².